The third kappa shape index (κ3) is 5.44. The van der Waals surface area contributed by atoms with Crippen LogP contribution in [0.4, 0.5) is 0 Å². The molecular formula is C17H31N. The van der Waals surface area contributed by atoms with Gasteiger partial charge in [0.25, 0.3) is 0 Å². The lowest BCUT2D eigenvalue weighted by Gasteiger charge is -2.33. The van der Waals surface area contributed by atoms with Crippen LogP contribution in [0.25, 0.3) is 0 Å². The zero-order chi connectivity index (χ0) is 13.2. The summed E-state index contributed by atoms with van der Waals surface area (Å²) in [6.07, 6.45) is 12.3. The first kappa shape index (κ1) is 15.6. The monoisotopic (exact) mass is 249 g/mol. The molecule has 0 spiro atoms. The van der Waals surface area contributed by atoms with Crippen molar-refractivity contribution >= 4 is 0 Å². The molecule has 1 aliphatic carbocycles. The Hall–Kier alpha value is -0.480. The molecule has 1 fully saturated rings. The Morgan fingerprint density at radius 1 is 1.22 bits per heavy atom. The van der Waals surface area contributed by atoms with Gasteiger partial charge in [0, 0.05) is 12.5 Å². The second kappa shape index (κ2) is 9.45. The summed E-state index contributed by atoms with van der Waals surface area (Å²) in [4.78, 5) is 0. The third-order valence-corrected chi connectivity index (χ3v) is 4.55. The van der Waals surface area contributed by atoms with Crippen LogP contribution in [0.5, 0.6) is 0 Å². The molecule has 18 heavy (non-hydrogen) atoms. The van der Waals surface area contributed by atoms with Gasteiger partial charge in [-0.3, -0.25) is 0 Å². The van der Waals surface area contributed by atoms with Gasteiger partial charge in [0.15, 0.2) is 0 Å². The van der Waals surface area contributed by atoms with Crippen LogP contribution in [0.15, 0.2) is 0 Å². The van der Waals surface area contributed by atoms with Gasteiger partial charge < -0.3 is 5.32 Å². The smallest absolute Gasteiger partial charge is 0.0103 e. The van der Waals surface area contributed by atoms with Crippen LogP contribution in [0, 0.1) is 23.7 Å². The summed E-state index contributed by atoms with van der Waals surface area (Å²) >= 11 is 0. The van der Waals surface area contributed by atoms with E-state index in [-0.39, 0.29) is 0 Å². The van der Waals surface area contributed by atoms with Crippen LogP contribution in [0.1, 0.15) is 71.6 Å². The number of nitrogens with one attached hydrogen (secondary N) is 1. The highest BCUT2D eigenvalue weighted by molar-refractivity contribution is 4.96. The molecule has 1 nitrogen and oxygen atoms in total. The van der Waals surface area contributed by atoms with Crippen LogP contribution in [0.2, 0.25) is 0 Å². The fraction of sp³-hybridized carbons (Fsp3) is 0.882. The predicted molar refractivity (Wildman–Crippen MR) is 80.5 cm³/mol. The molecule has 1 heteroatoms. The maximum atomic E-state index is 3.52. The highest BCUT2D eigenvalue weighted by Gasteiger charge is 2.25. The molecule has 0 radical (unpaired) electrons. The van der Waals surface area contributed by atoms with Crippen LogP contribution < -0.4 is 5.32 Å². The van der Waals surface area contributed by atoms with Crippen LogP contribution in [-0.4, -0.2) is 13.1 Å². The fourth-order valence-electron chi connectivity index (χ4n) is 3.34. The summed E-state index contributed by atoms with van der Waals surface area (Å²) in [6, 6.07) is 0.693. The first-order valence-electron chi connectivity index (χ1n) is 7.88. The highest BCUT2D eigenvalue weighted by atomic mass is 14.9. The van der Waals surface area contributed by atoms with Crippen LogP contribution in [0.3, 0.4) is 0 Å². The van der Waals surface area contributed by atoms with Gasteiger partial charge in [-0.25, -0.2) is 0 Å². The van der Waals surface area contributed by atoms with Gasteiger partial charge in [-0.2, -0.15) is 0 Å². The summed E-state index contributed by atoms with van der Waals surface area (Å²) < 4.78 is 0. The van der Waals surface area contributed by atoms with Crippen molar-refractivity contribution in [1.29, 1.82) is 0 Å². The van der Waals surface area contributed by atoms with E-state index in [0.717, 1.165) is 18.3 Å². The molecule has 1 N–H and O–H groups in total. The van der Waals surface area contributed by atoms with Gasteiger partial charge in [0.2, 0.25) is 0 Å². The van der Waals surface area contributed by atoms with Crippen molar-refractivity contribution in [3.63, 3.8) is 0 Å². The van der Waals surface area contributed by atoms with E-state index in [1.165, 1.54) is 51.4 Å². The Bertz CT molecular complexity index is 253. The standard InChI is InChI=1S/C17H31N/c1-4-6-8-10-17(18-3)16-13-11-15(12-14-16)9-7-5-2/h15-18H,5,7-14H2,1-3H3. The molecule has 1 aliphatic rings. The van der Waals surface area contributed by atoms with Crippen molar-refractivity contribution < 1.29 is 0 Å². The molecule has 0 aromatic carbocycles. The van der Waals surface area contributed by atoms with Gasteiger partial charge in [-0.15, -0.1) is 11.8 Å². The average Bonchev–Trinajstić information content (AvgIpc) is 2.42. The van der Waals surface area contributed by atoms with Gasteiger partial charge in [-0.05, 0) is 45.1 Å². The van der Waals surface area contributed by atoms with Crippen molar-refractivity contribution in [2.45, 2.75) is 77.7 Å². The molecule has 0 amide bonds. The maximum absolute atomic E-state index is 3.52. The summed E-state index contributed by atoms with van der Waals surface area (Å²) in [5, 5.41) is 3.52. The number of hydrogen-bond acceptors (Lipinski definition) is 1. The highest BCUT2D eigenvalue weighted by Crippen LogP contribution is 2.34. The van der Waals surface area contributed by atoms with E-state index in [1.54, 1.807) is 0 Å². The van der Waals surface area contributed by atoms with E-state index in [1.807, 2.05) is 6.92 Å². The number of hydrogen-bond donors (Lipinski definition) is 1. The number of unbranched alkanes of at least 4 members (excludes halogenated alkanes) is 1. The topological polar surface area (TPSA) is 12.0 Å². The molecule has 0 heterocycles. The van der Waals surface area contributed by atoms with Crippen LogP contribution >= 0.6 is 0 Å². The second-order valence-corrected chi connectivity index (χ2v) is 5.78. The van der Waals surface area contributed by atoms with E-state index in [4.69, 9.17) is 0 Å². The minimum absolute atomic E-state index is 0.693. The largest absolute Gasteiger partial charge is 0.317 e. The quantitative estimate of drug-likeness (QED) is 0.660. The molecule has 1 rings (SSSR count). The van der Waals surface area contributed by atoms with Gasteiger partial charge >= 0.3 is 0 Å². The van der Waals surface area contributed by atoms with Crippen molar-refractivity contribution in [3.05, 3.63) is 0 Å². The predicted octanol–water partition coefficient (Wildman–Crippen LogP) is 4.37. The van der Waals surface area contributed by atoms with Gasteiger partial charge in [-0.1, -0.05) is 39.0 Å². The first-order chi connectivity index (χ1) is 8.81. The molecule has 0 aliphatic heterocycles. The summed E-state index contributed by atoms with van der Waals surface area (Å²) in [7, 11) is 2.12. The van der Waals surface area contributed by atoms with Crippen molar-refractivity contribution in [3.8, 4) is 11.8 Å². The molecule has 0 aromatic heterocycles. The minimum atomic E-state index is 0.693. The summed E-state index contributed by atoms with van der Waals surface area (Å²) in [5.41, 5.74) is 0. The molecule has 0 aromatic rings. The van der Waals surface area contributed by atoms with Crippen molar-refractivity contribution in [1.82, 2.24) is 5.32 Å². The molecular weight excluding hydrogens is 218 g/mol. The normalized spacial score (nSPS) is 25.3. The summed E-state index contributed by atoms with van der Waals surface area (Å²) in [6.45, 7) is 4.24. The van der Waals surface area contributed by atoms with Gasteiger partial charge in [0.05, 0.1) is 0 Å². The fourth-order valence-corrected chi connectivity index (χ4v) is 3.34. The Kier molecular flexibility index (Phi) is 8.18. The lowest BCUT2D eigenvalue weighted by Crippen LogP contribution is -2.35. The van der Waals surface area contributed by atoms with E-state index in [2.05, 4.69) is 31.1 Å². The average molecular weight is 249 g/mol. The molecule has 0 saturated heterocycles. The van der Waals surface area contributed by atoms with Crippen molar-refractivity contribution in [2.75, 3.05) is 7.05 Å². The molecule has 1 atom stereocenters. The van der Waals surface area contributed by atoms with E-state index in [0.29, 0.717) is 6.04 Å². The molecule has 1 unspecified atom stereocenters. The SMILES string of the molecule is CC#CCCC(NC)C1CCC(CCCC)CC1. The Morgan fingerprint density at radius 2 is 1.94 bits per heavy atom. The lowest BCUT2D eigenvalue weighted by molar-refractivity contribution is 0.212. The number of rotatable bonds is 7. The van der Waals surface area contributed by atoms with E-state index < -0.39 is 0 Å². The van der Waals surface area contributed by atoms with Crippen molar-refractivity contribution in [2.24, 2.45) is 11.8 Å². The molecule has 0 bridgehead atoms. The third-order valence-electron chi connectivity index (χ3n) is 4.55. The molecule has 104 valence electrons. The second-order valence-electron chi connectivity index (χ2n) is 5.78. The minimum Gasteiger partial charge on any atom is -0.317 e. The maximum Gasteiger partial charge on any atom is 0.0103 e. The first-order valence-corrected chi connectivity index (χ1v) is 7.88. The zero-order valence-corrected chi connectivity index (χ0v) is 12.6. The van der Waals surface area contributed by atoms with E-state index in [9.17, 15) is 0 Å². The zero-order valence-electron chi connectivity index (χ0n) is 12.6. The Labute approximate surface area is 114 Å². The van der Waals surface area contributed by atoms with Crippen LogP contribution in [-0.2, 0) is 0 Å². The Morgan fingerprint density at radius 3 is 2.50 bits per heavy atom. The Balaban J connectivity index is 2.27. The summed E-state index contributed by atoms with van der Waals surface area (Å²) in [5.74, 6) is 8.12. The van der Waals surface area contributed by atoms with Gasteiger partial charge in [0.1, 0.15) is 0 Å². The molecule has 1 saturated carbocycles. The lowest BCUT2D eigenvalue weighted by atomic mass is 9.76. The van der Waals surface area contributed by atoms with E-state index >= 15 is 0 Å².